The molecule has 3 amide bonds. The van der Waals surface area contributed by atoms with Gasteiger partial charge in [-0.2, -0.15) is 0 Å². The van der Waals surface area contributed by atoms with Gasteiger partial charge in [0.15, 0.2) is 0 Å². The molecule has 100 valence electrons. The largest absolute Gasteiger partial charge is 0.350 e. The van der Waals surface area contributed by atoms with Gasteiger partial charge in [-0.1, -0.05) is 11.3 Å². The van der Waals surface area contributed by atoms with Gasteiger partial charge >= 0.3 is 6.03 Å². The maximum atomic E-state index is 11.7. The van der Waals surface area contributed by atoms with Crippen molar-refractivity contribution in [1.29, 1.82) is 0 Å². The summed E-state index contributed by atoms with van der Waals surface area (Å²) in [4.78, 5) is 23.2. The summed E-state index contributed by atoms with van der Waals surface area (Å²) in [6.07, 6.45) is 0. The lowest BCUT2D eigenvalue weighted by atomic mass is 10.1. The van der Waals surface area contributed by atoms with Crippen molar-refractivity contribution in [2.45, 2.75) is 39.3 Å². The number of urea groups is 1. The van der Waals surface area contributed by atoms with Crippen LogP contribution in [0.15, 0.2) is 5.51 Å². The van der Waals surface area contributed by atoms with E-state index in [-0.39, 0.29) is 11.4 Å². The number of aromatic nitrogens is 2. The van der Waals surface area contributed by atoms with Gasteiger partial charge in [0.2, 0.25) is 11.0 Å². The zero-order chi connectivity index (χ0) is 13.8. The van der Waals surface area contributed by atoms with Crippen molar-refractivity contribution in [2.75, 3.05) is 5.32 Å². The van der Waals surface area contributed by atoms with E-state index in [1.165, 1.54) is 16.8 Å². The molecule has 0 saturated carbocycles. The molecule has 0 radical (unpaired) electrons. The Balaban J connectivity index is 2.42. The standard InChI is InChI=1S/C10H17N5O2S/c1-6(7(16)14-10(2,3)4)12-8(17)13-9-15-11-5-18-9/h5-6H,1-4H3,(H,14,16)(H2,12,13,15,17)/t6-/m1/s1. The molecule has 0 fully saturated rings. The maximum Gasteiger partial charge on any atom is 0.321 e. The predicted molar refractivity (Wildman–Crippen MR) is 69.4 cm³/mol. The Morgan fingerprint density at radius 2 is 2.06 bits per heavy atom. The molecule has 0 aliphatic heterocycles. The van der Waals surface area contributed by atoms with Gasteiger partial charge in [-0.15, -0.1) is 10.2 Å². The van der Waals surface area contributed by atoms with Gasteiger partial charge in [0.05, 0.1) is 0 Å². The van der Waals surface area contributed by atoms with Gasteiger partial charge in [-0.3, -0.25) is 10.1 Å². The first-order chi connectivity index (χ1) is 8.28. The fraction of sp³-hybridized carbons (Fsp3) is 0.600. The molecule has 1 aromatic heterocycles. The van der Waals surface area contributed by atoms with Crippen LogP contribution < -0.4 is 16.0 Å². The summed E-state index contributed by atoms with van der Waals surface area (Å²) in [7, 11) is 0. The zero-order valence-electron chi connectivity index (χ0n) is 10.8. The molecule has 0 unspecified atom stereocenters. The first kappa shape index (κ1) is 14.4. The van der Waals surface area contributed by atoms with Crippen LogP contribution in [0.25, 0.3) is 0 Å². The van der Waals surface area contributed by atoms with Crippen molar-refractivity contribution in [1.82, 2.24) is 20.8 Å². The summed E-state index contributed by atoms with van der Waals surface area (Å²) in [5, 5.41) is 15.4. The van der Waals surface area contributed by atoms with Crippen molar-refractivity contribution in [3.05, 3.63) is 5.51 Å². The topological polar surface area (TPSA) is 96.0 Å². The molecule has 0 aromatic carbocycles. The number of rotatable bonds is 3. The average molecular weight is 271 g/mol. The van der Waals surface area contributed by atoms with E-state index in [0.29, 0.717) is 5.13 Å². The second-order valence-electron chi connectivity index (χ2n) is 4.80. The molecular formula is C10H17N5O2S. The predicted octanol–water partition coefficient (Wildman–Crippen LogP) is 0.963. The minimum atomic E-state index is -0.628. The van der Waals surface area contributed by atoms with Crippen LogP contribution in [-0.2, 0) is 4.79 Å². The lowest BCUT2D eigenvalue weighted by Gasteiger charge is -2.23. The lowest BCUT2D eigenvalue weighted by molar-refractivity contribution is -0.123. The van der Waals surface area contributed by atoms with Crippen LogP contribution in [0, 0.1) is 0 Å². The second-order valence-corrected chi connectivity index (χ2v) is 5.64. The molecule has 18 heavy (non-hydrogen) atoms. The highest BCUT2D eigenvalue weighted by atomic mass is 32.1. The highest BCUT2D eigenvalue weighted by Gasteiger charge is 2.20. The van der Waals surface area contributed by atoms with Gasteiger partial charge in [-0.25, -0.2) is 4.79 Å². The number of nitrogens with zero attached hydrogens (tertiary/aromatic N) is 2. The van der Waals surface area contributed by atoms with Crippen molar-refractivity contribution >= 4 is 28.4 Å². The Hall–Kier alpha value is -1.70. The molecule has 8 heteroatoms. The first-order valence-corrected chi connectivity index (χ1v) is 6.31. The molecule has 0 bridgehead atoms. The number of carbonyl (C=O) groups is 2. The number of carbonyl (C=O) groups excluding carboxylic acids is 2. The maximum absolute atomic E-state index is 11.7. The highest BCUT2D eigenvalue weighted by Crippen LogP contribution is 2.07. The summed E-state index contributed by atoms with van der Waals surface area (Å²) >= 11 is 1.20. The van der Waals surface area contributed by atoms with E-state index >= 15 is 0 Å². The number of anilines is 1. The highest BCUT2D eigenvalue weighted by molar-refractivity contribution is 7.13. The first-order valence-electron chi connectivity index (χ1n) is 5.43. The third-order valence-electron chi connectivity index (χ3n) is 1.82. The van der Waals surface area contributed by atoms with Crippen molar-refractivity contribution in [3.63, 3.8) is 0 Å². The van der Waals surface area contributed by atoms with E-state index in [0.717, 1.165) is 0 Å². The Morgan fingerprint density at radius 1 is 1.39 bits per heavy atom. The minimum Gasteiger partial charge on any atom is -0.350 e. The molecule has 1 aromatic rings. The molecule has 0 saturated heterocycles. The number of hydrogen-bond acceptors (Lipinski definition) is 5. The molecule has 0 aliphatic rings. The molecule has 0 spiro atoms. The van der Waals surface area contributed by atoms with Crippen LogP contribution >= 0.6 is 11.3 Å². The van der Waals surface area contributed by atoms with Crippen LogP contribution in [0.4, 0.5) is 9.93 Å². The SMILES string of the molecule is C[C@@H](NC(=O)Nc1nncs1)C(=O)NC(C)(C)C. The summed E-state index contributed by atoms with van der Waals surface area (Å²) in [6, 6.07) is -1.11. The Bertz CT molecular complexity index is 412. The van der Waals surface area contributed by atoms with Gasteiger partial charge in [-0.05, 0) is 27.7 Å². The summed E-state index contributed by atoms with van der Waals surface area (Å²) in [5.41, 5.74) is 1.17. The van der Waals surface area contributed by atoms with Crippen LogP contribution in [0.5, 0.6) is 0 Å². The smallest absolute Gasteiger partial charge is 0.321 e. The van der Waals surface area contributed by atoms with Gasteiger partial charge < -0.3 is 10.6 Å². The van der Waals surface area contributed by atoms with E-state index in [2.05, 4.69) is 26.1 Å². The van der Waals surface area contributed by atoms with E-state index in [1.54, 1.807) is 6.92 Å². The van der Waals surface area contributed by atoms with Crippen molar-refractivity contribution in [2.24, 2.45) is 0 Å². The van der Waals surface area contributed by atoms with E-state index in [4.69, 9.17) is 0 Å². The fourth-order valence-electron chi connectivity index (χ4n) is 1.10. The fourth-order valence-corrected chi connectivity index (χ4v) is 1.54. The Kier molecular flexibility index (Phi) is 4.60. The normalized spacial score (nSPS) is 12.7. The third kappa shape index (κ3) is 5.09. The van der Waals surface area contributed by atoms with Crippen LogP contribution in [0.3, 0.4) is 0 Å². The van der Waals surface area contributed by atoms with Gasteiger partial charge in [0, 0.05) is 5.54 Å². The molecule has 0 aliphatic carbocycles. The molecule has 1 heterocycles. The van der Waals surface area contributed by atoms with Gasteiger partial charge in [0.25, 0.3) is 0 Å². The number of amides is 3. The zero-order valence-corrected chi connectivity index (χ0v) is 11.6. The van der Waals surface area contributed by atoms with Crippen molar-refractivity contribution < 1.29 is 9.59 Å². The third-order valence-corrected chi connectivity index (χ3v) is 2.43. The van der Waals surface area contributed by atoms with Crippen LogP contribution in [0.1, 0.15) is 27.7 Å². The summed E-state index contributed by atoms with van der Waals surface area (Å²) in [6.45, 7) is 7.23. The number of nitrogens with one attached hydrogen (secondary N) is 3. The molecule has 3 N–H and O–H groups in total. The van der Waals surface area contributed by atoms with Crippen molar-refractivity contribution in [3.8, 4) is 0 Å². The lowest BCUT2D eigenvalue weighted by Crippen LogP contribution is -2.51. The van der Waals surface area contributed by atoms with E-state index in [1.807, 2.05) is 20.8 Å². The van der Waals surface area contributed by atoms with Crippen LogP contribution in [-0.4, -0.2) is 33.7 Å². The molecule has 7 nitrogen and oxygen atoms in total. The Morgan fingerprint density at radius 3 is 2.56 bits per heavy atom. The molecular weight excluding hydrogens is 254 g/mol. The quantitative estimate of drug-likeness (QED) is 0.763. The molecule has 1 atom stereocenters. The monoisotopic (exact) mass is 271 g/mol. The van der Waals surface area contributed by atoms with Gasteiger partial charge in [0.1, 0.15) is 11.6 Å². The average Bonchev–Trinajstić information content (AvgIpc) is 2.67. The summed E-state index contributed by atoms with van der Waals surface area (Å²) < 4.78 is 0. The molecule has 1 rings (SSSR count). The summed E-state index contributed by atoms with van der Waals surface area (Å²) in [5.74, 6) is -0.241. The van der Waals surface area contributed by atoms with E-state index < -0.39 is 12.1 Å². The van der Waals surface area contributed by atoms with E-state index in [9.17, 15) is 9.59 Å². The minimum absolute atomic E-state index is 0.241. The number of hydrogen-bond donors (Lipinski definition) is 3. The van der Waals surface area contributed by atoms with Crippen LogP contribution in [0.2, 0.25) is 0 Å². The second kappa shape index (κ2) is 5.76. The Labute approximate surface area is 109 Å².